The van der Waals surface area contributed by atoms with Crippen molar-refractivity contribution < 1.29 is 8.68 Å². The molecular formula is C17H16N+. The highest BCUT2D eigenvalue weighted by atomic mass is 14.9. The van der Waals surface area contributed by atoms with Gasteiger partial charge in [0.05, 0.1) is 0 Å². The number of fused-ring (bicyclic) bond motifs is 1. The molecule has 0 aliphatic carbocycles. The smallest absolute Gasteiger partial charge is 0.200 e. The average Bonchev–Trinajstić information content (AvgIpc) is 2.46. The molecule has 1 aromatic heterocycles. The van der Waals surface area contributed by atoms with Crippen LogP contribution in [0.2, 0.25) is 0 Å². The third kappa shape index (κ3) is 1.88. The van der Waals surface area contributed by atoms with E-state index >= 15 is 0 Å². The zero-order chi connectivity index (χ0) is 15.0. The number of pyridine rings is 1. The first-order chi connectivity index (χ1) is 9.95. The first-order valence-electron chi connectivity index (χ1n) is 7.44. The molecule has 1 nitrogen and oxygen atoms in total. The van der Waals surface area contributed by atoms with Crippen molar-refractivity contribution in [3.8, 4) is 11.3 Å². The first kappa shape index (κ1) is 8.04. The molecule has 0 spiro atoms. The maximum atomic E-state index is 7.43. The van der Waals surface area contributed by atoms with Crippen molar-refractivity contribution in [1.29, 1.82) is 0 Å². The van der Waals surface area contributed by atoms with Gasteiger partial charge in [0.2, 0.25) is 5.69 Å². The molecule has 2 aromatic carbocycles. The fourth-order valence-corrected chi connectivity index (χ4v) is 2.22. The van der Waals surface area contributed by atoms with Gasteiger partial charge in [-0.25, -0.2) is 4.57 Å². The van der Waals surface area contributed by atoms with Crippen LogP contribution >= 0.6 is 0 Å². The van der Waals surface area contributed by atoms with Crippen molar-refractivity contribution in [2.24, 2.45) is 7.05 Å². The normalized spacial score (nSPS) is 13.9. The maximum Gasteiger partial charge on any atom is 0.212 e. The minimum absolute atomic E-state index is 0.370. The Morgan fingerprint density at radius 3 is 2.39 bits per heavy atom. The number of rotatable bonds is 1. The molecule has 0 unspecified atom stereocenters. The van der Waals surface area contributed by atoms with Crippen LogP contribution in [0.4, 0.5) is 0 Å². The predicted octanol–water partition coefficient (Wildman–Crippen LogP) is 3.64. The topological polar surface area (TPSA) is 3.88 Å². The van der Waals surface area contributed by atoms with Gasteiger partial charge in [-0.2, -0.15) is 0 Å². The average molecular weight is 237 g/mol. The second-order valence-corrected chi connectivity index (χ2v) is 4.48. The van der Waals surface area contributed by atoms with Crippen LogP contribution in [-0.2, 0) is 7.05 Å². The molecule has 0 aliphatic heterocycles. The lowest BCUT2D eigenvalue weighted by Gasteiger charge is -2.03. The van der Waals surface area contributed by atoms with Crippen molar-refractivity contribution in [3.05, 3.63) is 66.4 Å². The third-order valence-electron chi connectivity index (χ3n) is 3.18. The van der Waals surface area contributed by atoms with E-state index in [9.17, 15) is 0 Å². The van der Waals surface area contributed by atoms with Gasteiger partial charge in [-0.3, -0.25) is 0 Å². The molecule has 0 atom stereocenters. The lowest BCUT2D eigenvalue weighted by molar-refractivity contribution is -0.659. The van der Waals surface area contributed by atoms with Crippen LogP contribution in [0.5, 0.6) is 0 Å². The Hall–Kier alpha value is -2.15. The highest BCUT2D eigenvalue weighted by Gasteiger charge is 2.10. The number of aromatic nitrogens is 1. The van der Waals surface area contributed by atoms with Crippen LogP contribution in [0.3, 0.4) is 0 Å². The fourth-order valence-electron chi connectivity index (χ4n) is 2.22. The number of benzene rings is 2. The molecule has 0 saturated carbocycles. The molecule has 1 heterocycles. The van der Waals surface area contributed by atoms with Gasteiger partial charge in [0.25, 0.3) is 0 Å². The van der Waals surface area contributed by atoms with Crippen molar-refractivity contribution in [2.75, 3.05) is 0 Å². The van der Waals surface area contributed by atoms with Crippen LogP contribution in [0, 0.1) is 6.85 Å². The molecular weight excluding hydrogens is 218 g/mol. The highest BCUT2D eigenvalue weighted by molar-refractivity contribution is 5.83. The maximum absolute atomic E-state index is 7.43. The first-order valence-corrected chi connectivity index (χ1v) is 5.94. The highest BCUT2D eigenvalue weighted by Crippen LogP contribution is 2.20. The summed E-state index contributed by atoms with van der Waals surface area (Å²) in [5, 5.41) is 2.35. The van der Waals surface area contributed by atoms with Gasteiger partial charge in [0.15, 0.2) is 6.20 Å². The Bertz CT molecular complexity index is 789. The van der Waals surface area contributed by atoms with Gasteiger partial charge < -0.3 is 0 Å². The fraction of sp³-hybridized carbons (Fsp3) is 0.118. The van der Waals surface area contributed by atoms with Crippen molar-refractivity contribution in [3.63, 3.8) is 0 Å². The third-order valence-corrected chi connectivity index (χ3v) is 3.18. The molecule has 3 aromatic rings. The molecule has 18 heavy (non-hydrogen) atoms. The summed E-state index contributed by atoms with van der Waals surface area (Å²) in [5.74, 6) is 0. The van der Waals surface area contributed by atoms with Crippen LogP contribution < -0.4 is 4.57 Å². The van der Waals surface area contributed by atoms with E-state index < -0.39 is 6.85 Å². The zero-order valence-corrected chi connectivity index (χ0v) is 10.2. The molecule has 0 radical (unpaired) electrons. The van der Waals surface area contributed by atoms with E-state index in [0.717, 1.165) is 11.3 Å². The van der Waals surface area contributed by atoms with E-state index in [-0.39, 0.29) is 0 Å². The van der Waals surface area contributed by atoms with Crippen LogP contribution in [0.1, 0.15) is 9.68 Å². The predicted molar refractivity (Wildman–Crippen MR) is 75.3 cm³/mol. The van der Waals surface area contributed by atoms with Crippen LogP contribution in [-0.4, -0.2) is 0 Å². The van der Waals surface area contributed by atoms with Gasteiger partial charge in [-0.15, -0.1) is 0 Å². The Balaban J connectivity index is 2.09. The minimum Gasteiger partial charge on any atom is -0.200 e. The number of aryl methyl sites for hydroxylation is 2. The van der Waals surface area contributed by atoms with Gasteiger partial charge in [-0.1, -0.05) is 35.9 Å². The number of hydrogen-bond donors (Lipinski definition) is 0. The summed E-state index contributed by atoms with van der Waals surface area (Å²) in [5.41, 5.74) is 2.44. The monoisotopic (exact) mass is 237 g/mol. The van der Waals surface area contributed by atoms with E-state index in [0.29, 0.717) is 5.56 Å². The summed E-state index contributed by atoms with van der Waals surface area (Å²) in [4.78, 5) is 0. The summed E-state index contributed by atoms with van der Waals surface area (Å²) >= 11 is 0. The quantitative estimate of drug-likeness (QED) is 0.569. The van der Waals surface area contributed by atoms with Crippen LogP contribution in [0.25, 0.3) is 22.0 Å². The van der Waals surface area contributed by atoms with Gasteiger partial charge in [0.1, 0.15) is 7.05 Å². The molecule has 0 amide bonds. The van der Waals surface area contributed by atoms with Crippen molar-refractivity contribution in [1.82, 2.24) is 0 Å². The summed E-state index contributed by atoms with van der Waals surface area (Å²) in [6.07, 6.45) is 2.09. The van der Waals surface area contributed by atoms with E-state index in [4.69, 9.17) is 4.11 Å². The number of nitrogens with zero attached hydrogens (tertiary/aromatic N) is 1. The summed E-state index contributed by atoms with van der Waals surface area (Å²) in [7, 11) is 2.00. The minimum atomic E-state index is -2.05. The molecule has 0 bridgehead atoms. The molecule has 0 N–H and O–H groups in total. The SMILES string of the molecule is [2H]C([2H])([2H])c1ccc(-c2cc3ccccc3c[n+]2C)cc1. The molecule has 88 valence electrons. The Morgan fingerprint density at radius 1 is 0.944 bits per heavy atom. The molecule has 3 rings (SSSR count). The van der Waals surface area contributed by atoms with E-state index in [1.54, 1.807) is 12.1 Å². The Kier molecular flexibility index (Phi) is 1.90. The summed E-state index contributed by atoms with van der Waals surface area (Å²) in [6, 6.07) is 17.4. The number of hydrogen-bond acceptors (Lipinski definition) is 0. The summed E-state index contributed by atoms with van der Waals surface area (Å²) in [6.45, 7) is -2.05. The van der Waals surface area contributed by atoms with Crippen molar-refractivity contribution in [2.45, 2.75) is 6.85 Å². The van der Waals surface area contributed by atoms with Gasteiger partial charge in [0, 0.05) is 21.1 Å². The standard InChI is InChI=1S/C17H16N/c1-13-7-9-14(10-8-13)17-11-15-5-3-4-6-16(15)12-18(17)2/h3-12H,1-2H3/q+1/i1D3. The second kappa shape index (κ2) is 4.26. The molecule has 0 fully saturated rings. The van der Waals surface area contributed by atoms with Gasteiger partial charge in [-0.05, 0) is 30.4 Å². The molecule has 1 heteroatoms. The molecule has 0 aliphatic rings. The van der Waals surface area contributed by atoms with Crippen molar-refractivity contribution >= 4 is 10.8 Å². The largest absolute Gasteiger partial charge is 0.212 e. The Labute approximate surface area is 112 Å². The van der Waals surface area contributed by atoms with E-state index in [2.05, 4.69) is 29.0 Å². The lowest BCUT2D eigenvalue weighted by Crippen LogP contribution is -2.30. The van der Waals surface area contributed by atoms with E-state index in [1.165, 1.54) is 10.8 Å². The lowest BCUT2D eigenvalue weighted by atomic mass is 10.1. The molecule has 0 saturated heterocycles. The Morgan fingerprint density at radius 2 is 1.67 bits per heavy atom. The summed E-state index contributed by atoms with van der Waals surface area (Å²) < 4.78 is 24.3. The van der Waals surface area contributed by atoms with Gasteiger partial charge >= 0.3 is 0 Å². The zero-order valence-electron chi connectivity index (χ0n) is 13.2. The second-order valence-electron chi connectivity index (χ2n) is 4.48. The van der Waals surface area contributed by atoms with Crippen LogP contribution in [0.15, 0.2) is 60.8 Å². The van der Waals surface area contributed by atoms with E-state index in [1.807, 2.05) is 31.3 Å².